The fraction of sp³-hybridized carbons (Fsp3) is 0.533. The number of methoxy groups -OCH3 is 1. The van der Waals surface area contributed by atoms with Crippen LogP contribution in [0.1, 0.15) is 61.1 Å². The van der Waals surface area contributed by atoms with Crippen molar-refractivity contribution in [1.29, 1.82) is 0 Å². The molecule has 0 radical (unpaired) electrons. The number of aliphatic hydroxyl groups excluding tert-OH is 1. The number of carbonyl (C=O) groups excluding carboxylic acids is 1. The van der Waals surface area contributed by atoms with E-state index in [1.165, 1.54) is 19.2 Å². The van der Waals surface area contributed by atoms with Gasteiger partial charge < -0.3 is 9.84 Å². The zero-order valence-electron chi connectivity index (χ0n) is 11.5. The van der Waals surface area contributed by atoms with Crippen LogP contribution in [0, 0.1) is 5.82 Å². The first-order valence-electron chi connectivity index (χ1n) is 6.66. The van der Waals surface area contributed by atoms with E-state index in [2.05, 4.69) is 11.7 Å². The number of unbranched alkanes of at least 4 members (excludes halogenated alkanes) is 3. The molecular weight excluding hydrogens is 247 g/mol. The Hall–Kier alpha value is -1.42. The maximum Gasteiger partial charge on any atom is 0.340 e. The molecule has 0 fully saturated rings. The molecule has 0 heterocycles. The summed E-state index contributed by atoms with van der Waals surface area (Å²) in [6.07, 6.45) is 4.18. The Kier molecular flexibility index (Phi) is 6.50. The van der Waals surface area contributed by atoms with E-state index in [1.54, 1.807) is 6.07 Å². The van der Waals surface area contributed by atoms with Crippen molar-refractivity contribution in [2.24, 2.45) is 0 Å². The van der Waals surface area contributed by atoms with Gasteiger partial charge in [0.15, 0.2) is 0 Å². The Balaban J connectivity index is 2.64. The van der Waals surface area contributed by atoms with Crippen molar-refractivity contribution in [3.05, 3.63) is 35.1 Å². The smallest absolute Gasteiger partial charge is 0.340 e. The van der Waals surface area contributed by atoms with Gasteiger partial charge in [0.05, 0.1) is 18.8 Å². The van der Waals surface area contributed by atoms with E-state index in [1.807, 2.05) is 0 Å². The number of carbonyl (C=O) groups is 1. The molecule has 1 aromatic carbocycles. The van der Waals surface area contributed by atoms with Crippen LogP contribution >= 0.6 is 0 Å². The van der Waals surface area contributed by atoms with Gasteiger partial charge in [-0.15, -0.1) is 0 Å². The second-order valence-electron chi connectivity index (χ2n) is 4.60. The van der Waals surface area contributed by atoms with Crippen LogP contribution in [0.3, 0.4) is 0 Å². The van der Waals surface area contributed by atoms with Crippen LogP contribution in [0.2, 0.25) is 0 Å². The average molecular weight is 268 g/mol. The Morgan fingerprint density at radius 2 is 2.11 bits per heavy atom. The summed E-state index contributed by atoms with van der Waals surface area (Å²) in [5.74, 6) is -1.36. The first-order chi connectivity index (χ1) is 9.10. The highest BCUT2D eigenvalue weighted by atomic mass is 19.1. The van der Waals surface area contributed by atoms with E-state index in [4.69, 9.17) is 0 Å². The minimum absolute atomic E-state index is 0.107. The summed E-state index contributed by atoms with van der Waals surface area (Å²) in [7, 11) is 1.21. The molecule has 1 aromatic rings. The van der Waals surface area contributed by atoms with E-state index in [9.17, 15) is 14.3 Å². The zero-order chi connectivity index (χ0) is 14.3. The second-order valence-corrected chi connectivity index (χ2v) is 4.60. The van der Waals surface area contributed by atoms with Crippen LogP contribution in [0.25, 0.3) is 0 Å². The fourth-order valence-electron chi connectivity index (χ4n) is 1.95. The van der Waals surface area contributed by atoms with Crippen molar-refractivity contribution in [2.75, 3.05) is 7.11 Å². The molecule has 0 aliphatic carbocycles. The summed E-state index contributed by atoms with van der Waals surface area (Å²) in [5.41, 5.74) is 0.395. The second kappa shape index (κ2) is 7.89. The van der Waals surface area contributed by atoms with Crippen LogP contribution in [0.15, 0.2) is 18.2 Å². The number of rotatable bonds is 7. The summed E-state index contributed by atoms with van der Waals surface area (Å²) in [6, 6.07) is 4.13. The molecule has 1 N–H and O–H groups in total. The molecule has 1 rings (SSSR count). The molecule has 1 atom stereocenters. The quantitative estimate of drug-likeness (QED) is 0.607. The van der Waals surface area contributed by atoms with Gasteiger partial charge in [-0.1, -0.05) is 38.7 Å². The van der Waals surface area contributed by atoms with Crippen molar-refractivity contribution in [3.63, 3.8) is 0 Å². The minimum Gasteiger partial charge on any atom is -0.465 e. The number of ether oxygens (including phenoxy) is 1. The van der Waals surface area contributed by atoms with Crippen molar-refractivity contribution in [1.82, 2.24) is 0 Å². The maximum atomic E-state index is 13.7. The molecular formula is C15H21FO3. The molecule has 0 saturated carbocycles. The van der Waals surface area contributed by atoms with Crippen LogP contribution < -0.4 is 0 Å². The van der Waals surface area contributed by atoms with Crippen LogP contribution in [-0.2, 0) is 4.74 Å². The molecule has 0 aliphatic heterocycles. The number of esters is 1. The van der Waals surface area contributed by atoms with Crippen LogP contribution in [0.5, 0.6) is 0 Å². The number of hydrogen-bond donors (Lipinski definition) is 1. The molecule has 0 amide bonds. The predicted molar refractivity (Wildman–Crippen MR) is 71.5 cm³/mol. The molecule has 19 heavy (non-hydrogen) atoms. The molecule has 0 spiro atoms. The lowest BCUT2D eigenvalue weighted by Gasteiger charge is -2.12. The fourth-order valence-corrected chi connectivity index (χ4v) is 1.95. The van der Waals surface area contributed by atoms with E-state index in [0.717, 1.165) is 25.7 Å². The molecule has 4 heteroatoms. The third-order valence-corrected chi connectivity index (χ3v) is 3.11. The Bertz CT molecular complexity index is 418. The van der Waals surface area contributed by atoms with Gasteiger partial charge in [-0.25, -0.2) is 9.18 Å². The van der Waals surface area contributed by atoms with Gasteiger partial charge in [0.1, 0.15) is 5.82 Å². The van der Waals surface area contributed by atoms with Gasteiger partial charge in [0, 0.05) is 0 Å². The van der Waals surface area contributed by atoms with Crippen molar-refractivity contribution in [3.8, 4) is 0 Å². The number of hydrogen-bond acceptors (Lipinski definition) is 3. The van der Waals surface area contributed by atoms with E-state index in [0.29, 0.717) is 12.0 Å². The van der Waals surface area contributed by atoms with Crippen LogP contribution in [-0.4, -0.2) is 18.2 Å². The first-order valence-corrected chi connectivity index (χ1v) is 6.66. The van der Waals surface area contributed by atoms with Crippen molar-refractivity contribution in [2.45, 2.75) is 45.1 Å². The maximum absolute atomic E-state index is 13.7. The minimum atomic E-state index is -0.707. The van der Waals surface area contributed by atoms with E-state index < -0.39 is 17.9 Å². The standard InChI is InChI=1S/C15H21FO3/c1-3-4-5-6-7-14(17)11-8-9-12(13(16)10-11)15(18)19-2/h8-10,14,17H,3-7H2,1-2H3. The Morgan fingerprint density at radius 3 is 2.68 bits per heavy atom. The zero-order valence-corrected chi connectivity index (χ0v) is 11.5. The molecule has 0 aliphatic rings. The summed E-state index contributed by atoms with van der Waals surface area (Å²) in [6.45, 7) is 2.12. The summed E-state index contributed by atoms with van der Waals surface area (Å²) >= 11 is 0. The monoisotopic (exact) mass is 268 g/mol. The highest BCUT2D eigenvalue weighted by Gasteiger charge is 2.15. The number of benzene rings is 1. The van der Waals surface area contributed by atoms with Crippen LogP contribution in [0.4, 0.5) is 4.39 Å². The third-order valence-electron chi connectivity index (χ3n) is 3.11. The summed E-state index contributed by atoms with van der Waals surface area (Å²) in [4.78, 5) is 11.2. The number of halogens is 1. The van der Waals surface area contributed by atoms with Gasteiger partial charge in [0.25, 0.3) is 0 Å². The summed E-state index contributed by atoms with van der Waals surface area (Å²) in [5, 5.41) is 9.95. The Labute approximate surface area is 113 Å². The predicted octanol–water partition coefficient (Wildman–Crippen LogP) is 3.62. The third kappa shape index (κ3) is 4.63. The SMILES string of the molecule is CCCCCCC(O)c1ccc(C(=O)OC)c(F)c1. The van der Waals surface area contributed by atoms with Gasteiger partial charge in [0.2, 0.25) is 0 Å². The van der Waals surface area contributed by atoms with E-state index in [-0.39, 0.29) is 5.56 Å². The lowest BCUT2D eigenvalue weighted by atomic mass is 10.0. The van der Waals surface area contributed by atoms with Crippen molar-refractivity contribution >= 4 is 5.97 Å². The molecule has 106 valence electrons. The first kappa shape index (κ1) is 15.6. The normalized spacial score (nSPS) is 12.2. The molecule has 3 nitrogen and oxygen atoms in total. The van der Waals surface area contributed by atoms with E-state index >= 15 is 0 Å². The lowest BCUT2D eigenvalue weighted by molar-refractivity contribution is 0.0595. The van der Waals surface area contributed by atoms with Gasteiger partial charge in [-0.05, 0) is 24.1 Å². The molecule has 1 unspecified atom stereocenters. The highest BCUT2D eigenvalue weighted by molar-refractivity contribution is 5.89. The summed E-state index contributed by atoms with van der Waals surface area (Å²) < 4.78 is 18.1. The van der Waals surface area contributed by atoms with Crippen molar-refractivity contribution < 1.29 is 19.0 Å². The molecule has 0 saturated heterocycles. The number of aliphatic hydroxyl groups is 1. The average Bonchev–Trinajstić information content (AvgIpc) is 2.42. The largest absolute Gasteiger partial charge is 0.465 e. The van der Waals surface area contributed by atoms with Gasteiger partial charge in [-0.2, -0.15) is 0 Å². The molecule has 0 bridgehead atoms. The highest BCUT2D eigenvalue weighted by Crippen LogP contribution is 2.22. The lowest BCUT2D eigenvalue weighted by Crippen LogP contribution is -2.06. The molecule has 0 aromatic heterocycles. The van der Waals surface area contributed by atoms with Gasteiger partial charge >= 0.3 is 5.97 Å². The van der Waals surface area contributed by atoms with Gasteiger partial charge in [-0.3, -0.25) is 0 Å². The Morgan fingerprint density at radius 1 is 1.37 bits per heavy atom. The topological polar surface area (TPSA) is 46.5 Å².